The lowest BCUT2D eigenvalue weighted by atomic mass is 10.1. The van der Waals surface area contributed by atoms with Crippen molar-refractivity contribution in [2.75, 3.05) is 21.3 Å². The molecule has 0 unspecified atom stereocenters. The zero-order chi connectivity index (χ0) is 15.9. The summed E-state index contributed by atoms with van der Waals surface area (Å²) in [5.74, 6) is 1.81. The van der Waals surface area contributed by atoms with Crippen LogP contribution in [-0.4, -0.2) is 27.5 Å². The Labute approximate surface area is 131 Å². The van der Waals surface area contributed by atoms with Gasteiger partial charge in [0, 0.05) is 11.8 Å². The second kappa shape index (κ2) is 7.50. The summed E-state index contributed by atoms with van der Waals surface area (Å²) in [6.07, 6.45) is 2.81. The molecule has 2 aromatic carbocycles. The van der Waals surface area contributed by atoms with E-state index in [9.17, 15) is 0 Å². The van der Waals surface area contributed by atoms with Crippen LogP contribution in [0, 0.1) is 0 Å². The molecule has 0 atom stereocenters. The number of hydrogen-bond donors (Lipinski definition) is 0. The van der Waals surface area contributed by atoms with Crippen LogP contribution in [0.3, 0.4) is 0 Å². The second-order valence-corrected chi connectivity index (χ2v) is 4.74. The lowest BCUT2D eigenvalue weighted by Gasteiger charge is -2.12. The maximum atomic E-state index is 5.34. The summed E-state index contributed by atoms with van der Waals surface area (Å²) in [6, 6.07) is 11.9. The normalized spacial score (nSPS) is 10.7. The van der Waals surface area contributed by atoms with Gasteiger partial charge in [0.1, 0.15) is 0 Å². The SMILES string of the molecule is CCc1ccc(/N=C/c2cc(OC)c(OC)c(OC)c2)cc1. The maximum absolute atomic E-state index is 5.34. The molecule has 0 aliphatic carbocycles. The summed E-state index contributed by atoms with van der Waals surface area (Å²) in [6.45, 7) is 2.13. The van der Waals surface area contributed by atoms with Gasteiger partial charge in [-0.2, -0.15) is 0 Å². The molecule has 2 aromatic rings. The Morgan fingerprint density at radius 1 is 0.909 bits per heavy atom. The van der Waals surface area contributed by atoms with E-state index in [1.54, 1.807) is 27.5 Å². The Bertz CT molecular complexity index is 623. The zero-order valence-corrected chi connectivity index (χ0v) is 13.4. The molecule has 0 aromatic heterocycles. The smallest absolute Gasteiger partial charge is 0.203 e. The van der Waals surface area contributed by atoms with Crippen LogP contribution in [0.2, 0.25) is 0 Å². The largest absolute Gasteiger partial charge is 0.493 e. The van der Waals surface area contributed by atoms with Crippen LogP contribution in [0.5, 0.6) is 17.2 Å². The summed E-state index contributed by atoms with van der Waals surface area (Å²) in [7, 11) is 4.78. The Morgan fingerprint density at radius 2 is 1.50 bits per heavy atom. The van der Waals surface area contributed by atoms with Gasteiger partial charge in [-0.1, -0.05) is 19.1 Å². The Balaban J connectivity index is 2.29. The van der Waals surface area contributed by atoms with Crippen LogP contribution in [0.15, 0.2) is 41.4 Å². The van der Waals surface area contributed by atoms with E-state index in [-0.39, 0.29) is 0 Å². The van der Waals surface area contributed by atoms with Crippen molar-refractivity contribution in [2.24, 2.45) is 4.99 Å². The molecule has 0 spiro atoms. The summed E-state index contributed by atoms with van der Waals surface area (Å²) in [4.78, 5) is 4.48. The van der Waals surface area contributed by atoms with Gasteiger partial charge in [-0.3, -0.25) is 4.99 Å². The third-order valence-electron chi connectivity index (χ3n) is 3.39. The van der Waals surface area contributed by atoms with Crippen molar-refractivity contribution >= 4 is 11.9 Å². The van der Waals surface area contributed by atoms with E-state index in [1.807, 2.05) is 24.3 Å². The second-order valence-electron chi connectivity index (χ2n) is 4.74. The first kappa shape index (κ1) is 15.9. The molecule has 0 radical (unpaired) electrons. The van der Waals surface area contributed by atoms with E-state index >= 15 is 0 Å². The molecule has 0 heterocycles. The molecule has 116 valence electrons. The van der Waals surface area contributed by atoms with Gasteiger partial charge in [0.15, 0.2) is 11.5 Å². The summed E-state index contributed by atoms with van der Waals surface area (Å²) in [5.41, 5.74) is 3.09. The highest BCUT2D eigenvalue weighted by molar-refractivity contribution is 5.84. The molecular weight excluding hydrogens is 278 g/mol. The number of nitrogens with zero attached hydrogens (tertiary/aromatic N) is 1. The quantitative estimate of drug-likeness (QED) is 0.756. The fourth-order valence-corrected chi connectivity index (χ4v) is 2.14. The lowest BCUT2D eigenvalue weighted by Crippen LogP contribution is -1.96. The van der Waals surface area contributed by atoms with Crippen molar-refractivity contribution in [1.29, 1.82) is 0 Å². The fourth-order valence-electron chi connectivity index (χ4n) is 2.14. The molecule has 0 aliphatic heterocycles. The van der Waals surface area contributed by atoms with Crippen LogP contribution in [-0.2, 0) is 6.42 Å². The minimum atomic E-state index is 0.578. The number of ether oxygens (including phenoxy) is 3. The highest BCUT2D eigenvalue weighted by Gasteiger charge is 2.12. The summed E-state index contributed by atoms with van der Waals surface area (Å²) < 4.78 is 16.0. The van der Waals surface area contributed by atoms with Gasteiger partial charge in [-0.15, -0.1) is 0 Å². The topological polar surface area (TPSA) is 40.0 Å². The van der Waals surface area contributed by atoms with Gasteiger partial charge in [0.25, 0.3) is 0 Å². The van der Waals surface area contributed by atoms with Gasteiger partial charge in [0.2, 0.25) is 5.75 Å². The Kier molecular flexibility index (Phi) is 5.42. The van der Waals surface area contributed by atoms with Crippen molar-refractivity contribution in [1.82, 2.24) is 0 Å². The van der Waals surface area contributed by atoms with E-state index < -0.39 is 0 Å². The molecule has 0 saturated carbocycles. The number of methoxy groups -OCH3 is 3. The molecule has 0 amide bonds. The average molecular weight is 299 g/mol. The van der Waals surface area contributed by atoms with Crippen LogP contribution in [0.25, 0.3) is 0 Å². The Morgan fingerprint density at radius 3 is 1.95 bits per heavy atom. The van der Waals surface area contributed by atoms with Crippen LogP contribution < -0.4 is 14.2 Å². The molecule has 0 N–H and O–H groups in total. The van der Waals surface area contributed by atoms with Crippen LogP contribution in [0.1, 0.15) is 18.1 Å². The predicted octanol–water partition coefficient (Wildman–Crippen LogP) is 4.03. The monoisotopic (exact) mass is 299 g/mol. The van der Waals surface area contributed by atoms with Gasteiger partial charge < -0.3 is 14.2 Å². The van der Waals surface area contributed by atoms with E-state index in [1.165, 1.54) is 5.56 Å². The van der Waals surface area contributed by atoms with Crippen molar-refractivity contribution < 1.29 is 14.2 Å². The van der Waals surface area contributed by atoms with Crippen molar-refractivity contribution in [3.63, 3.8) is 0 Å². The summed E-state index contributed by atoms with van der Waals surface area (Å²) in [5, 5.41) is 0. The maximum Gasteiger partial charge on any atom is 0.203 e. The molecular formula is C18H21NO3. The third-order valence-corrected chi connectivity index (χ3v) is 3.39. The Hall–Kier alpha value is -2.49. The van der Waals surface area contributed by atoms with Crippen molar-refractivity contribution in [2.45, 2.75) is 13.3 Å². The molecule has 4 heteroatoms. The molecule has 4 nitrogen and oxygen atoms in total. The molecule has 0 fully saturated rings. The van der Waals surface area contributed by atoms with Gasteiger partial charge >= 0.3 is 0 Å². The van der Waals surface area contributed by atoms with Crippen LogP contribution >= 0.6 is 0 Å². The number of aryl methyl sites for hydroxylation is 1. The van der Waals surface area contributed by atoms with E-state index in [2.05, 4.69) is 24.0 Å². The van der Waals surface area contributed by atoms with E-state index in [0.717, 1.165) is 17.7 Å². The predicted molar refractivity (Wildman–Crippen MR) is 89.2 cm³/mol. The third kappa shape index (κ3) is 3.58. The number of benzene rings is 2. The van der Waals surface area contributed by atoms with Gasteiger partial charge in [0.05, 0.1) is 27.0 Å². The molecule has 22 heavy (non-hydrogen) atoms. The lowest BCUT2D eigenvalue weighted by molar-refractivity contribution is 0.324. The van der Waals surface area contributed by atoms with Crippen LogP contribution in [0.4, 0.5) is 5.69 Å². The zero-order valence-electron chi connectivity index (χ0n) is 13.4. The fraction of sp³-hybridized carbons (Fsp3) is 0.278. The standard InChI is InChI=1S/C18H21NO3/c1-5-13-6-8-15(9-7-13)19-12-14-10-16(20-2)18(22-4)17(11-14)21-3/h6-12H,5H2,1-4H3/b19-12+. The summed E-state index contributed by atoms with van der Waals surface area (Å²) >= 11 is 0. The number of aliphatic imine (C=N–C) groups is 1. The van der Waals surface area contributed by atoms with E-state index in [0.29, 0.717) is 17.2 Å². The van der Waals surface area contributed by atoms with Crippen molar-refractivity contribution in [3.05, 3.63) is 47.5 Å². The minimum Gasteiger partial charge on any atom is -0.493 e. The van der Waals surface area contributed by atoms with Gasteiger partial charge in [-0.25, -0.2) is 0 Å². The average Bonchev–Trinajstić information content (AvgIpc) is 2.59. The number of hydrogen-bond acceptors (Lipinski definition) is 4. The van der Waals surface area contributed by atoms with E-state index in [4.69, 9.17) is 14.2 Å². The molecule has 0 bridgehead atoms. The van der Waals surface area contributed by atoms with Gasteiger partial charge in [-0.05, 0) is 36.2 Å². The first-order chi connectivity index (χ1) is 10.7. The molecule has 0 aliphatic rings. The first-order valence-electron chi connectivity index (χ1n) is 7.14. The first-order valence-corrected chi connectivity index (χ1v) is 7.14. The molecule has 2 rings (SSSR count). The minimum absolute atomic E-state index is 0.578. The van der Waals surface area contributed by atoms with Crippen molar-refractivity contribution in [3.8, 4) is 17.2 Å². The molecule has 0 saturated heterocycles. The number of rotatable bonds is 6. The highest BCUT2D eigenvalue weighted by atomic mass is 16.5. The highest BCUT2D eigenvalue weighted by Crippen LogP contribution is 2.37.